The molecule has 20 heavy (non-hydrogen) atoms. The van der Waals surface area contributed by atoms with E-state index in [1.165, 1.54) is 0 Å². The number of piperidine rings is 1. The number of amides is 1. The Hall–Kier alpha value is -1.40. The van der Waals surface area contributed by atoms with Crippen molar-refractivity contribution in [2.24, 2.45) is 0 Å². The Morgan fingerprint density at radius 3 is 3.05 bits per heavy atom. The van der Waals surface area contributed by atoms with Crippen LogP contribution in [0.1, 0.15) is 25.7 Å². The number of aromatic nitrogens is 2. The molecule has 6 nitrogen and oxygen atoms in total. The largest absolute Gasteiger partial charge is 0.378 e. The average Bonchev–Trinajstić information content (AvgIpc) is 2.99. The second-order valence-corrected chi connectivity index (χ2v) is 5.04. The van der Waals surface area contributed by atoms with Crippen molar-refractivity contribution >= 4 is 5.91 Å². The first-order valence-electron chi connectivity index (χ1n) is 7.41. The minimum absolute atomic E-state index is 0.0716. The van der Waals surface area contributed by atoms with Crippen LogP contribution in [0.4, 0.5) is 0 Å². The molecule has 112 valence electrons. The van der Waals surface area contributed by atoms with Gasteiger partial charge in [-0.05, 0) is 38.4 Å². The molecular weight excluding hydrogens is 256 g/mol. The minimum atomic E-state index is 0.0716. The van der Waals surface area contributed by atoms with Gasteiger partial charge in [-0.1, -0.05) is 0 Å². The standard InChI is InChI=1S/C14H24N4O2/c19-14(5-11-18-10-1-7-17-18)16-6-2-12-20-13-3-8-15-9-4-13/h1,7,10,13,15H,2-6,8-9,11-12H2,(H,16,19). The number of rotatable bonds is 8. The third-order valence-electron chi connectivity index (χ3n) is 3.41. The Morgan fingerprint density at radius 1 is 1.45 bits per heavy atom. The highest BCUT2D eigenvalue weighted by molar-refractivity contribution is 5.75. The Bertz CT molecular complexity index is 375. The molecule has 1 amide bonds. The Morgan fingerprint density at radius 2 is 2.30 bits per heavy atom. The van der Waals surface area contributed by atoms with Gasteiger partial charge in [0, 0.05) is 38.5 Å². The number of hydrogen-bond acceptors (Lipinski definition) is 4. The van der Waals surface area contributed by atoms with E-state index in [4.69, 9.17) is 4.74 Å². The van der Waals surface area contributed by atoms with Gasteiger partial charge < -0.3 is 15.4 Å². The highest BCUT2D eigenvalue weighted by Gasteiger charge is 2.12. The molecule has 0 atom stereocenters. The van der Waals surface area contributed by atoms with Gasteiger partial charge in [0.15, 0.2) is 0 Å². The van der Waals surface area contributed by atoms with Gasteiger partial charge in [0.05, 0.1) is 6.10 Å². The molecule has 6 heteroatoms. The summed E-state index contributed by atoms with van der Waals surface area (Å²) in [5.74, 6) is 0.0716. The zero-order valence-corrected chi connectivity index (χ0v) is 11.9. The van der Waals surface area contributed by atoms with Crippen LogP contribution in [0.25, 0.3) is 0 Å². The van der Waals surface area contributed by atoms with Crippen LogP contribution in [0, 0.1) is 0 Å². The number of ether oxygens (including phenoxy) is 1. The van der Waals surface area contributed by atoms with Crippen LogP contribution in [-0.4, -0.2) is 48.0 Å². The fourth-order valence-corrected chi connectivity index (χ4v) is 2.25. The molecule has 1 aromatic heterocycles. The fraction of sp³-hybridized carbons (Fsp3) is 0.714. The molecule has 0 unspecified atom stereocenters. The quantitative estimate of drug-likeness (QED) is 0.682. The van der Waals surface area contributed by atoms with Crippen molar-refractivity contribution in [3.8, 4) is 0 Å². The lowest BCUT2D eigenvalue weighted by Gasteiger charge is -2.22. The zero-order chi connectivity index (χ0) is 14.0. The van der Waals surface area contributed by atoms with E-state index in [9.17, 15) is 4.79 Å². The number of hydrogen-bond donors (Lipinski definition) is 2. The van der Waals surface area contributed by atoms with E-state index in [2.05, 4.69) is 15.7 Å². The first-order valence-corrected chi connectivity index (χ1v) is 7.41. The van der Waals surface area contributed by atoms with Crippen LogP contribution >= 0.6 is 0 Å². The van der Waals surface area contributed by atoms with Crippen molar-refractivity contribution in [3.63, 3.8) is 0 Å². The molecule has 1 aliphatic rings. The van der Waals surface area contributed by atoms with Gasteiger partial charge >= 0.3 is 0 Å². The molecule has 2 heterocycles. The number of nitrogens with one attached hydrogen (secondary N) is 2. The van der Waals surface area contributed by atoms with E-state index < -0.39 is 0 Å². The normalized spacial score (nSPS) is 16.2. The van der Waals surface area contributed by atoms with Crippen LogP contribution in [0.15, 0.2) is 18.5 Å². The van der Waals surface area contributed by atoms with Gasteiger partial charge in [0.25, 0.3) is 0 Å². The van der Waals surface area contributed by atoms with Gasteiger partial charge in [0.2, 0.25) is 5.91 Å². The second kappa shape index (κ2) is 8.71. The predicted octanol–water partition coefficient (Wildman–Crippen LogP) is 0.548. The van der Waals surface area contributed by atoms with E-state index in [0.29, 0.717) is 25.6 Å². The molecule has 1 fully saturated rings. The monoisotopic (exact) mass is 280 g/mol. The van der Waals surface area contributed by atoms with Crippen molar-refractivity contribution in [3.05, 3.63) is 18.5 Å². The molecule has 0 bridgehead atoms. The highest BCUT2D eigenvalue weighted by atomic mass is 16.5. The SMILES string of the molecule is O=C(CCn1cccn1)NCCCOC1CCNCC1. The summed E-state index contributed by atoms with van der Waals surface area (Å²) in [7, 11) is 0. The Balaban J connectivity index is 1.45. The van der Waals surface area contributed by atoms with Crippen molar-refractivity contribution < 1.29 is 9.53 Å². The molecule has 2 rings (SSSR count). The number of aryl methyl sites for hydroxylation is 1. The van der Waals surface area contributed by atoms with Gasteiger partial charge in [-0.2, -0.15) is 5.10 Å². The lowest BCUT2D eigenvalue weighted by atomic mass is 10.1. The number of carbonyl (C=O) groups excluding carboxylic acids is 1. The summed E-state index contributed by atoms with van der Waals surface area (Å²) in [6.45, 7) is 4.14. The molecular formula is C14H24N4O2. The summed E-state index contributed by atoms with van der Waals surface area (Å²) in [6.07, 6.45) is 7.50. The molecule has 2 N–H and O–H groups in total. The van der Waals surface area contributed by atoms with E-state index in [-0.39, 0.29) is 5.91 Å². The smallest absolute Gasteiger partial charge is 0.221 e. The van der Waals surface area contributed by atoms with Gasteiger partial charge in [-0.3, -0.25) is 9.48 Å². The van der Waals surface area contributed by atoms with E-state index in [1.807, 2.05) is 12.3 Å². The maximum absolute atomic E-state index is 11.6. The average molecular weight is 280 g/mol. The van der Waals surface area contributed by atoms with E-state index in [1.54, 1.807) is 10.9 Å². The van der Waals surface area contributed by atoms with Crippen molar-refractivity contribution in [2.45, 2.75) is 38.3 Å². The third kappa shape index (κ3) is 5.71. The van der Waals surface area contributed by atoms with Crippen LogP contribution in [-0.2, 0) is 16.1 Å². The highest BCUT2D eigenvalue weighted by Crippen LogP contribution is 2.07. The lowest BCUT2D eigenvalue weighted by Crippen LogP contribution is -2.33. The summed E-state index contributed by atoms with van der Waals surface area (Å²) in [6, 6.07) is 1.86. The van der Waals surface area contributed by atoms with E-state index >= 15 is 0 Å². The summed E-state index contributed by atoms with van der Waals surface area (Å²) >= 11 is 0. The molecule has 1 saturated heterocycles. The van der Waals surface area contributed by atoms with Gasteiger partial charge in [-0.15, -0.1) is 0 Å². The van der Waals surface area contributed by atoms with Gasteiger partial charge in [0.1, 0.15) is 0 Å². The summed E-state index contributed by atoms with van der Waals surface area (Å²) < 4.78 is 7.54. The van der Waals surface area contributed by atoms with Crippen LogP contribution in [0.3, 0.4) is 0 Å². The van der Waals surface area contributed by atoms with Crippen molar-refractivity contribution in [1.29, 1.82) is 0 Å². The number of nitrogens with zero attached hydrogens (tertiary/aromatic N) is 2. The van der Waals surface area contributed by atoms with Gasteiger partial charge in [-0.25, -0.2) is 0 Å². The molecule has 0 spiro atoms. The molecule has 0 aromatic carbocycles. The molecule has 0 radical (unpaired) electrons. The fourth-order valence-electron chi connectivity index (χ4n) is 2.25. The summed E-state index contributed by atoms with van der Waals surface area (Å²) in [5, 5.41) is 10.3. The topological polar surface area (TPSA) is 68.2 Å². The Labute approximate surface area is 119 Å². The minimum Gasteiger partial charge on any atom is -0.378 e. The molecule has 0 saturated carbocycles. The molecule has 1 aliphatic heterocycles. The summed E-state index contributed by atoms with van der Waals surface area (Å²) in [5.41, 5.74) is 0. The van der Waals surface area contributed by atoms with Crippen molar-refractivity contribution in [2.75, 3.05) is 26.2 Å². The third-order valence-corrected chi connectivity index (χ3v) is 3.41. The Kier molecular flexibility index (Phi) is 6.53. The van der Waals surface area contributed by atoms with Crippen LogP contribution in [0.5, 0.6) is 0 Å². The van der Waals surface area contributed by atoms with Crippen LogP contribution in [0.2, 0.25) is 0 Å². The number of carbonyl (C=O) groups is 1. The second-order valence-electron chi connectivity index (χ2n) is 5.04. The van der Waals surface area contributed by atoms with Crippen LogP contribution < -0.4 is 10.6 Å². The maximum Gasteiger partial charge on any atom is 0.221 e. The first-order chi connectivity index (χ1) is 9.84. The first kappa shape index (κ1) is 15.0. The van der Waals surface area contributed by atoms with Crippen molar-refractivity contribution in [1.82, 2.24) is 20.4 Å². The molecule has 1 aromatic rings. The molecule has 0 aliphatic carbocycles. The maximum atomic E-state index is 11.6. The van der Waals surface area contributed by atoms with E-state index in [0.717, 1.165) is 39.0 Å². The summed E-state index contributed by atoms with van der Waals surface area (Å²) in [4.78, 5) is 11.6. The lowest BCUT2D eigenvalue weighted by molar-refractivity contribution is -0.121. The zero-order valence-electron chi connectivity index (χ0n) is 11.9. The predicted molar refractivity (Wildman–Crippen MR) is 76.3 cm³/mol.